The first-order valence-electron chi connectivity index (χ1n) is 5.74. The van der Waals surface area contributed by atoms with Crippen molar-refractivity contribution in [2.24, 2.45) is 0 Å². The Hall–Kier alpha value is -1.96. The Morgan fingerprint density at radius 2 is 2.00 bits per heavy atom. The Kier molecular flexibility index (Phi) is 6.51. The number of hydrogen-bond donors (Lipinski definition) is 3. The molecule has 1 rings (SSSR count). The lowest BCUT2D eigenvalue weighted by molar-refractivity contribution is -0.137. The SMILES string of the molecule is O=C(O)CCCCC(=O)NC(=O)NCc1cscn1. The van der Waals surface area contributed by atoms with Crippen molar-refractivity contribution in [1.29, 1.82) is 0 Å². The molecular formula is C11H15N3O4S. The third-order valence-electron chi connectivity index (χ3n) is 2.21. The fraction of sp³-hybridized carbons (Fsp3) is 0.455. The van der Waals surface area contributed by atoms with Gasteiger partial charge in [-0.25, -0.2) is 9.78 Å². The lowest BCUT2D eigenvalue weighted by Crippen LogP contribution is -2.39. The highest BCUT2D eigenvalue weighted by atomic mass is 32.1. The molecule has 7 nitrogen and oxygen atoms in total. The normalized spacial score (nSPS) is 9.89. The monoisotopic (exact) mass is 285 g/mol. The predicted molar refractivity (Wildman–Crippen MR) is 68.6 cm³/mol. The maximum Gasteiger partial charge on any atom is 0.321 e. The van der Waals surface area contributed by atoms with Crippen LogP contribution in [0, 0.1) is 0 Å². The topological polar surface area (TPSA) is 108 Å². The van der Waals surface area contributed by atoms with Gasteiger partial charge in [-0.15, -0.1) is 11.3 Å². The number of carbonyl (C=O) groups is 3. The number of unbranched alkanes of at least 4 members (excludes halogenated alkanes) is 1. The van der Waals surface area contributed by atoms with Crippen molar-refractivity contribution < 1.29 is 19.5 Å². The largest absolute Gasteiger partial charge is 0.481 e. The quantitative estimate of drug-likeness (QED) is 0.650. The zero-order valence-corrected chi connectivity index (χ0v) is 11.0. The maximum atomic E-state index is 11.3. The minimum Gasteiger partial charge on any atom is -0.481 e. The summed E-state index contributed by atoms with van der Waals surface area (Å²) >= 11 is 1.42. The van der Waals surface area contributed by atoms with Crippen LogP contribution in [0.1, 0.15) is 31.4 Å². The molecule has 0 saturated carbocycles. The van der Waals surface area contributed by atoms with E-state index >= 15 is 0 Å². The molecule has 3 N–H and O–H groups in total. The van der Waals surface area contributed by atoms with E-state index in [9.17, 15) is 14.4 Å². The minimum absolute atomic E-state index is 0.0311. The van der Waals surface area contributed by atoms with Gasteiger partial charge in [0.1, 0.15) is 0 Å². The summed E-state index contributed by atoms with van der Waals surface area (Å²) in [6, 6.07) is -0.573. The molecule has 0 bridgehead atoms. The first kappa shape index (κ1) is 15.1. The van der Waals surface area contributed by atoms with Crippen LogP contribution < -0.4 is 10.6 Å². The number of thiazole rings is 1. The molecule has 19 heavy (non-hydrogen) atoms. The van der Waals surface area contributed by atoms with Crippen molar-refractivity contribution in [3.05, 3.63) is 16.6 Å². The van der Waals surface area contributed by atoms with E-state index in [0.717, 1.165) is 5.69 Å². The van der Waals surface area contributed by atoms with Gasteiger partial charge in [0.2, 0.25) is 5.91 Å². The molecule has 8 heteroatoms. The van der Waals surface area contributed by atoms with E-state index in [1.165, 1.54) is 11.3 Å². The Balaban J connectivity index is 2.10. The first-order valence-corrected chi connectivity index (χ1v) is 6.68. The number of rotatable bonds is 7. The van der Waals surface area contributed by atoms with E-state index < -0.39 is 17.9 Å². The number of urea groups is 1. The highest BCUT2D eigenvalue weighted by molar-refractivity contribution is 7.07. The molecule has 0 aliphatic rings. The van der Waals surface area contributed by atoms with Gasteiger partial charge >= 0.3 is 12.0 Å². The fourth-order valence-electron chi connectivity index (χ4n) is 1.29. The number of carbonyl (C=O) groups excluding carboxylic acids is 2. The van der Waals surface area contributed by atoms with Gasteiger partial charge in [-0.2, -0.15) is 0 Å². The van der Waals surface area contributed by atoms with Crippen LogP contribution in [0.2, 0.25) is 0 Å². The van der Waals surface area contributed by atoms with Crippen molar-refractivity contribution in [3.8, 4) is 0 Å². The van der Waals surface area contributed by atoms with Crippen molar-refractivity contribution >= 4 is 29.2 Å². The number of aromatic nitrogens is 1. The summed E-state index contributed by atoms with van der Waals surface area (Å²) in [5.41, 5.74) is 2.39. The van der Waals surface area contributed by atoms with Gasteiger partial charge in [-0.05, 0) is 12.8 Å². The number of nitrogens with one attached hydrogen (secondary N) is 2. The highest BCUT2D eigenvalue weighted by Crippen LogP contribution is 2.00. The van der Waals surface area contributed by atoms with Crippen LogP contribution >= 0.6 is 11.3 Å². The van der Waals surface area contributed by atoms with Crippen LogP contribution in [0.4, 0.5) is 4.79 Å². The zero-order valence-electron chi connectivity index (χ0n) is 10.2. The second-order valence-electron chi connectivity index (χ2n) is 3.81. The molecule has 0 aromatic carbocycles. The number of imide groups is 1. The fourth-order valence-corrected chi connectivity index (χ4v) is 1.85. The molecule has 0 saturated heterocycles. The Morgan fingerprint density at radius 1 is 1.26 bits per heavy atom. The molecule has 0 spiro atoms. The Labute approximate surface area is 114 Å². The summed E-state index contributed by atoms with van der Waals surface area (Å²) in [4.78, 5) is 36.9. The first-order chi connectivity index (χ1) is 9.08. The van der Waals surface area contributed by atoms with E-state index in [1.54, 1.807) is 10.9 Å². The van der Waals surface area contributed by atoms with Crippen molar-refractivity contribution in [2.75, 3.05) is 0 Å². The van der Waals surface area contributed by atoms with Gasteiger partial charge in [0.25, 0.3) is 0 Å². The van der Waals surface area contributed by atoms with E-state index in [2.05, 4.69) is 15.6 Å². The lowest BCUT2D eigenvalue weighted by atomic mass is 10.2. The van der Waals surface area contributed by atoms with Gasteiger partial charge in [-0.1, -0.05) is 0 Å². The molecule has 0 aliphatic carbocycles. The van der Waals surface area contributed by atoms with Crippen LogP contribution in [-0.4, -0.2) is 28.0 Å². The summed E-state index contributed by atoms with van der Waals surface area (Å²) in [5.74, 6) is -1.30. The minimum atomic E-state index is -0.888. The van der Waals surface area contributed by atoms with Crippen LogP contribution in [0.3, 0.4) is 0 Å². The Morgan fingerprint density at radius 3 is 2.63 bits per heavy atom. The lowest BCUT2D eigenvalue weighted by Gasteiger charge is -2.05. The molecular weight excluding hydrogens is 270 g/mol. The number of carboxylic acid groups (broad SMARTS) is 1. The van der Waals surface area contributed by atoms with E-state index in [0.29, 0.717) is 12.8 Å². The van der Waals surface area contributed by atoms with Crippen molar-refractivity contribution in [1.82, 2.24) is 15.6 Å². The maximum absolute atomic E-state index is 11.3. The highest BCUT2D eigenvalue weighted by Gasteiger charge is 2.08. The van der Waals surface area contributed by atoms with Gasteiger partial charge in [0.15, 0.2) is 0 Å². The van der Waals surface area contributed by atoms with Crippen molar-refractivity contribution in [2.45, 2.75) is 32.2 Å². The number of aliphatic carboxylic acids is 1. The molecule has 0 unspecified atom stereocenters. The van der Waals surface area contributed by atoms with E-state index in [-0.39, 0.29) is 19.4 Å². The van der Waals surface area contributed by atoms with Gasteiger partial charge in [0, 0.05) is 18.2 Å². The summed E-state index contributed by atoms with van der Waals surface area (Å²) < 4.78 is 0. The van der Waals surface area contributed by atoms with E-state index in [1.807, 2.05) is 0 Å². The average Bonchev–Trinajstić information content (AvgIpc) is 2.85. The molecule has 0 aliphatic heterocycles. The summed E-state index contributed by atoms with van der Waals surface area (Å²) in [5, 5.41) is 14.9. The molecule has 1 heterocycles. The number of amides is 3. The molecule has 3 amide bonds. The average molecular weight is 285 g/mol. The standard InChI is InChI=1S/C11H15N3O4S/c15-9(3-1-2-4-10(16)17)14-11(18)12-5-8-6-19-7-13-8/h6-7H,1-5H2,(H,16,17)(H2,12,14,15,18). The molecule has 1 aromatic rings. The summed E-state index contributed by atoms with van der Waals surface area (Å²) in [7, 11) is 0. The van der Waals surface area contributed by atoms with Crippen LogP contribution in [-0.2, 0) is 16.1 Å². The molecule has 0 radical (unpaired) electrons. The Bertz CT molecular complexity index is 433. The third kappa shape index (κ3) is 7.14. The van der Waals surface area contributed by atoms with Crippen molar-refractivity contribution in [3.63, 3.8) is 0 Å². The second-order valence-corrected chi connectivity index (χ2v) is 4.53. The third-order valence-corrected chi connectivity index (χ3v) is 2.85. The predicted octanol–water partition coefficient (Wildman–Crippen LogP) is 1.11. The molecule has 0 atom stereocenters. The van der Waals surface area contributed by atoms with Gasteiger partial charge < -0.3 is 10.4 Å². The molecule has 0 fully saturated rings. The van der Waals surface area contributed by atoms with Crippen LogP contribution in [0.15, 0.2) is 10.9 Å². The van der Waals surface area contributed by atoms with E-state index in [4.69, 9.17) is 5.11 Å². The van der Waals surface area contributed by atoms with Gasteiger partial charge in [0.05, 0.1) is 17.7 Å². The zero-order chi connectivity index (χ0) is 14.1. The second kappa shape index (κ2) is 8.20. The van der Waals surface area contributed by atoms with Crippen LogP contribution in [0.25, 0.3) is 0 Å². The smallest absolute Gasteiger partial charge is 0.321 e. The number of carboxylic acids is 1. The number of nitrogens with zero attached hydrogens (tertiary/aromatic N) is 1. The number of hydrogen-bond acceptors (Lipinski definition) is 5. The summed E-state index contributed by atoms with van der Waals surface area (Å²) in [6.07, 6.45) is 1.03. The summed E-state index contributed by atoms with van der Waals surface area (Å²) in [6.45, 7) is 0.266. The van der Waals surface area contributed by atoms with Gasteiger partial charge in [-0.3, -0.25) is 14.9 Å². The molecule has 1 aromatic heterocycles. The van der Waals surface area contributed by atoms with Crippen LogP contribution in [0.5, 0.6) is 0 Å². The molecule has 104 valence electrons.